The van der Waals surface area contributed by atoms with Crippen LogP contribution in [0.25, 0.3) is 0 Å². The van der Waals surface area contributed by atoms with Crippen molar-refractivity contribution in [2.24, 2.45) is 0 Å². The molecule has 2 aliphatic rings. The third-order valence-corrected chi connectivity index (χ3v) is 3.05. The Kier molecular flexibility index (Phi) is 2.24. The van der Waals surface area contributed by atoms with E-state index in [1.807, 2.05) is 0 Å². The standard InChI is InChI=1S/C9H14N2O2/c10-5-9(6-12)7-13-4-8-2-1-3-11(8)9/h8,12H,1-4,6-7H2/t8-,9+/m1/s1. The molecule has 4 nitrogen and oxygen atoms in total. The van der Waals surface area contributed by atoms with Gasteiger partial charge in [0.15, 0.2) is 5.54 Å². The van der Waals surface area contributed by atoms with Crippen LogP contribution in [0.2, 0.25) is 0 Å². The highest BCUT2D eigenvalue weighted by Gasteiger charge is 2.46. The van der Waals surface area contributed by atoms with Crippen LogP contribution in [-0.2, 0) is 4.74 Å². The average molecular weight is 182 g/mol. The highest BCUT2D eigenvalue weighted by atomic mass is 16.5. The fraction of sp³-hybridized carbons (Fsp3) is 0.889. The molecule has 2 atom stereocenters. The maximum atomic E-state index is 9.24. The van der Waals surface area contributed by atoms with Gasteiger partial charge in [-0.1, -0.05) is 0 Å². The maximum Gasteiger partial charge on any atom is 0.156 e. The lowest BCUT2D eigenvalue weighted by Gasteiger charge is -2.42. The van der Waals surface area contributed by atoms with E-state index in [1.54, 1.807) is 0 Å². The van der Waals surface area contributed by atoms with Gasteiger partial charge in [-0.3, -0.25) is 4.90 Å². The number of nitriles is 1. The molecule has 2 heterocycles. The molecule has 4 heteroatoms. The van der Waals surface area contributed by atoms with E-state index in [1.165, 1.54) is 0 Å². The van der Waals surface area contributed by atoms with Crippen molar-refractivity contribution < 1.29 is 9.84 Å². The molecule has 72 valence electrons. The highest BCUT2D eigenvalue weighted by Crippen LogP contribution is 2.30. The quantitative estimate of drug-likeness (QED) is 0.607. The third kappa shape index (κ3) is 1.24. The largest absolute Gasteiger partial charge is 0.393 e. The van der Waals surface area contributed by atoms with Gasteiger partial charge >= 0.3 is 0 Å². The summed E-state index contributed by atoms with van der Waals surface area (Å²) in [6, 6.07) is 2.54. The Hall–Kier alpha value is -0.630. The van der Waals surface area contributed by atoms with E-state index < -0.39 is 5.54 Å². The molecule has 13 heavy (non-hydrogen) atoms. The van der Waals surface area contributed by atoms with Crippen molar-refractivity contribution in [1.29, 1.82) is 5.26 Å². The van der Waals surface area contributed by atoms with Gasteiger partial charge in [0.25, 0.3) is 0 Å². The van der Waals surface area contributed by atoms with Gasteiger partial charge in [0, 0.05) is 12.6 Å². The van der Waals surface area contributed by atoms with Crippen LogP contribution in [0.15, 0.2) is 0 Å². The summed E-state index contributed by atoms with van der Waals surface area (Å²) in [7, 11) is 0. The first kappa shape index (κ1) is 8.95. The van der Waals surface area contributed by atoms with E-state index in [0.717, 1.165) is 19.4 Å². The third-order valence-electron chi connectivity index (χ3n) is 3.05. The van der Waals surface area contributed by atoms with E-state index in [9.17, 15) is 5.11 Å². The van der Waals surface area contributed by atoms with Gasteiger partial charge in [0.05, 0.1) is 25.9 Å². The minimum absolute atomic E-state index is 0.125. The van der Waals surface area contributed by atoms with Gasteiger partial charge < -0.3 is 9.84 Å². The summed E-state index contributed by atoms with van der Waals surface area (Å²) in [6.45, 7) is 1.85. The van der Waals surface area contributed by atoms with Crippen molar-refractivity contribution in [2.45, 2.75) is 24.4 Å². The molecule has 0 radical (unpaired) electrons. The molecule has 2 rings (SSSR count). The van der Waals surface area contributed by atoms with Crippen molar-refractivity contribution in [3.63, 3.8) is 0 Å². The van der Waals surface area contributed by atoms with E-state index in [0.29, 0.717) is 19.3 Å². The molecule has 0 aromatic heterocycles. The Labute approximate surface area is 77.7 Å². The van der Waals surface area contributed by atoms with Gasteiger partial charge in [-0.05, 0) is 12.8 Å². The van der Waals surface area contributed by atoms with Gasteiger partial charge in [-0.2, -0.15) is 5.26 Å². The maximum absolute atomic E-state index is 9.24. The SMILES string of the molecule is N#C[C@]1(CO)COC[C@H]2CCCN21. The number of hydrogen-bond acceptors (Lipinski definition) is 4. The number of rotatable bonds is 1. The fourth-order valence-corrected chi connectivity index (χ4v) is 2.29. The first-order valence-corrected chi connectivity index (χ1v) is 4.69. The van der Waals surface area contributed by atoms with Crippen LogP contribution < -0.4 is 0 Å². The number of fused-ring (bicyclic) bond motifs is 1. The molecule has 2 aliphatic heterocycles. The smallest absolute Gasteiger partial charge is 0.156 e. The molecule has 0 aromatic rings. The second-order valence-corrected chi connectivity index (χ2v) is 3.81. The number of morpholine rings is 1. The summed E-state index contributed by atoms with van der Waals surface area (Å²) < 4.78 is 5.36. The number of nitrogens with zero attached hydrogens (tertiary/aromatic N) is 2. The molecule has 0 bridgehead atoms. The second kappa shape index (κ2) is 3.26. The molecule has 1 N–H and O–H groups in total. The van der Waals surface area contributed by atoms with Gasteiger partial charge in [-0.15, -0.1) is 0 Å². The predicted octanol–water partition coefficient (Wildman–Crippen LogP) is -0.264. The first-order chi connectivity index (χ1) is 6.32. The van der Waals surface area contributed by atoms with E-state index >= 15 is 0 Å². The Bertz CT molecular complexity index is 238. The van der Waals surface area contributed by atoms with Crippen LogP contribution in [0.5, 0.6) is 0 Å². The monoisotopic (exact) mass is 182 g/mol. The summed E-state index contributed by atoms with van der Waals surface area (Å²) in [5.74, 6) is 0. The van der Waals surface area contributed by atoms with Crippen LogP contribution in [-0.4, -0.2) is 48.0 Å². The van der Waals surface area contributed by atoms with Crippen LogP contribution in [0.4, 0.5) is 0 Å². The minimum Gasteiger partial charge on any atom is -0.393 e. The van der Waals surface area contributed by atoms with Crippen LogP contribution >= 0.6 is 0 Å². The lowest BCUT2D eigenvalue weighted by molar-refractivity contribution is -0.0809. The molecular weight excluding hydrogens is 168 g/mol. The molecule has 0 saturated carbocycles. The zero-order valence-corrected chi connectivity index (χ0v) is 7.57. The van der Waals surface area contributed by atoms with E-state index in [-0.39, 0.29) is 6.61 Å². The normalized spacial score (nSPS) is 39.8. The number of aliphatic hydroxyl groups excluding tert-OH is 1. The zero-order chi connectivity index (χ0) is 9.31. The highest BCUT2D eigenvalue weighted by molar-refractivity contribution is 5.13. The summed E-state index contributed by atoms with van der Waals surface area (Å²) in [6.07, 6.45) is 2.20. The fourth-order valence-electron chi connectivity index (χ4n) is 2.29. The molecule has 0 unspecified atom stereocenters. The van der Waals surface area contributed by atoms with Crippen LogP contribution in [0.1, 0.15) is 12.8 Å². The lowest BCUT2D eigenvalue weighted by atomic mass is 9.98. The van der Waals surface area contributed by atoms with Crippen LogP contribution in [0, 0.1) is 11.3 Å². The summed E-state index contributed by atoms with van der Waals surface area (Å²) in [4.78, 5) is 2.11. The van der Waals surface area contributed by atoms with Gasteiger partial charge in [0.1, 0.15) is 0 Å². The molecular formula is C9H14N2O2. The van der Waals surface area contributed by atoms with Gasteiger partial charge in [-0.25, -0.2) is 0 Å². The van der Waals surface area contributed by atoms with Crippen molar-refractivity contribution in [2.75, 3.05) is 26.4 Å². The van der Waals surface area contributed by atoms with E-state index in [4.69, 9.17) is 10.00 Å². The Morgan fingerprint density at radius 2 is 2.54 bits per heavy atom. The molecule has 0 amide bonds. The summed E-state index contributed by atoms with van der Waals surface area (Å²) in [5.41, 5.74) is -0.764. The predicted molar refractivity (Wildman–Crippen MR) is 46.0 cm³/mol. The molecule has 0 aliphatic carbocycles. The molecule has 2 saturated heterocycles. The van der Waals surface area contributed by atoms with Crippen molar-refractivity contribution >= 4 is 0 Å². The molecule has 0 aromatic carbocycles. The number of ether oxygens (including phenoxy) is 1. The molecule has 2 fully saturated rings. The lowest BCUT2D eigenvalue weighted by Crippen LogP contribution is -2.60. The van der Waals surface area contributed by atoms with E-state index in [2.05, 4.69) is 11.0 Å². The Morgan fingerprint density at radius 3 is 3.23 bits per heavy atom. The topological polar surface area (TPSA) is 56.5 Å². The van der Waals surface area contributed by atoms with Crippen molar-refractivity contribution in [3.8, 4) is 6.07 Å². The average Bonchev–Trinajstić information content (AvgIpc) is 2.65. The van der Waals surface area contributed by atoms with Crippen molar-refractivity contribution in [1.82, 2.24) is 4.90 Å². The number of aliphatic hydroxyl groups is 1. The van der Waals surface area contributed by atoms with Gasteiger partial charge in [0.2, 0.25) is 0 Å². The second-order valence-electron chi connectivity index (χ2n) is 3.81. The molecule has 0 spiro atoms. The summed E-state index contributed by atoms with van der Waals surface area (Å²) >= 11 is 0. The summed E-state index contributed by atoms with van der Waals surface area (Å²) in [5, 5.41) is 18.3. The van der Waals surface area contributed by atoms with Crippen molar-refractivity contribution in [3.05, 3.63) is 0 Å². The Morgan fingerprint density at radius 1 is 1.69 bits per heavy atom. The zero-order valence-electron chi connectivity index (χ0n) is 7.57. The Balaban J connectivity index is 2.22. The minimum atomic E-state index is -0.764. The van der Waals surface area contributed by atoms with Crippen LogP contribution in [0.3, 0.4) is 0 Å². The number of hydrogen-bond donors (Lipinski definition) is 1. The first-order valence-electron chi connectivity index (χ1n) is 4.69.